The zero-order valence-electron chi connectivity index (χ0n) is 15.2. The minimum absolute atomic E-state index is 1.20. The largest absolute Gasteiger partial charge is 0.308 e. The number of hydrogen-bond acceptors (Lipinski definition) is 2. The lowest BCUT2D eigenvalue weighted by atomic mass is 10.0. The Kier molecular flexibility index (Phi) is 3.47. The van der Waals surface area contributed by atoms with Crippen molar-refractivity contribution in [2.45, 2.75) is 9.79 Å². The summed E-state index contributed by atoms with van der Waals surface area (Å²) in [7, 11) is 0. The van der Waals surface area contributed by atoms with Crippen LogP contribution in [0.15, 0.2) is 113 Å². The minimum Gasteiger partial charge on any atom is -0.308 e. The highest BCUT2D eigenvalue weighted by Gasteiger charge is 2.24. The van der Waals surface area contributed by atoms with Crippen LogP contribution in [0.4, 0.5) is 17.1 Å². The predicted octanol–water partition coefficient (Wildman–Crippen LogP) is 7.93. The van der Waals surface area contributed by atoms with Crippen LogP contribution in [-0.4, -0.2) is 0 Å². The quantitative estimate of drug-likeness (QED) is 0.268. The standard InChI is InChI=1S/C26H17NS/c1-2-8-19-16-21-17-22(14-13-20(21)15-18(19)7-1)27-23-9-3-5-11-25(23)28-26-12-6-4-10-24(26)27/h1-17H. The van der Waals surface area contributed by atoms with Crippen molar-refractivity contribution in [1.82, 2.24) is 0 Å². The molecule has 0 bridgehead atoms. The van der Waals surface area contributed by atoms with Gasteiger partial charge in [0.1, 0.15) is 0 Å². The lowest BCUT2D eigenvalue weighted by Gasteiger charge is -2.33. The Morgan fingerprint density at radius 3 is 1.68 bits per heavy atom. The molecular weight excluding hydrogens is 358 g/mol. The summed E-state index contributed by atoms with van der Waals surface area (Å²) in [5.41, 5.74) is 3.68. The van der Waals surface area contributed by atoms with Crippen molar-refractivity contribution in [3.8, 4) is 0 Å². The fourth-order valence-corrected chi connectivity index (χ4v) is 5.11. The molecule has 0 fully saturated rings. The molecule has 0 spiro atoms. The Hall–Kier alpha value is -3.23. The minimum atomic E-state index is 1.20. The maximum absolute atomic E-state index is 2.38. The van der Waals surface area contributed by atoms with E-state index >= 15 is 0 Å². The normalized spacial score (nSPS) is 12.8. The second-order valence-electron chi connectivity index (χ2n) is 7.10. The monoisotopic (exact) mass is 375 g/mol. The number of hydrogen-bond donors (Lipinski definition) is 0. The highest BCUT2D eigenvalue weighted by atomic mass is 32.2. The van der Waals surface area contributed by atoms with Crippen molar-refractivity contribution in [1.29, 1.82) is 0 Å². The molecular formula is C26H17NS. The lowest BCUT2D eigenvalue weighted by Crippen LogP contribution is -2.14. The van der Waals surface area contributed by atoms with E-state index in [1.165, 1.54) is 48.4 Å². The Balaban J connectivity index is 1.60. The maximum atomic E-state index is 2.38. The molecule has 0 atom stereocenters. The van der Waals surface area contributed by atoms with Crippen molar-refractivity contribution in [2.24, 2.45) is 0 Å². The van der Waals surface area contributed by atoms with Crippen molar-refractivity contribution in [3.05, 3.63) is 103 Å². The molecule has 0 saturated carbocycles. The molecule has 5 aromatic rings. The van der Waals surface area contributed by atoms with Crippen LogP contribution in [0.2, 0.25) is 0 Å². The van der Waals surface area contributed by atoms with Crippen LogP contribution in [0.25, 0.3) is 21.5 Å². The van der Waals surface area contributed by atoms with E-state index in [1.807, 2.05) is 11.8 Å². The molecule has 6 rings (SSSR count). The predicted molar refractivity (Wildman–Crippen MR) is 120 cm³/mol. The third-order valence-corrected chi connectivity index (χ3v) is 6.51. The van der Waals surface area contributed by atoms with E-state index in [-0.39, 0.29) is 0 Å². The van der Waals surface area contributed by atoms with E-state index in [4.69, 9.17) is 0 Å². The molecule has 1 heterocycles. The van der Waals surface area contributed by atoms with Crippen LogP contribution in [-0.2, 0) is 0 Å². The fourth-order valence-electron chi connectivity index (χ4n) is 4.05. The lowest BCUT2D eigenvalue weighted by molar-refractivity contribution is 1.17. The number of rotatable bonds is 1. The third-order valence-electron chi connectivity index (χ3n) is 5.38. The summed E-state index contributed by atoms with van der Waals surface area (Å²) in [4.78, 5) is 4.97. The summed E-state index contributed by atoms with van der Waals surface area (Å²) in [6.07, 6.45) is 0. The summed E-state index contributed by atoms with van der Waals surface area (Å²) < 4.78 is 0. The first-order chi connectivity index (χ1) is 13.9. The number of fused-ring (bicyclic) bond motifs is 4. The highest BCUT2D eigenvalue weighted by Crippen LogP contribution is 2.51. The third kappa shape index (κ3) is 2.42. The Morgan fingerprint density at radius 2 is 1.00 bits per heavy atom. The molecule has 0 N–H and O–H groups in total. The van der Waals surface area contributed by atoms with Crippen LogP contribution >= 0.6 is 11.8 Å². The number of para-hydroxylation sites is 2. The molecule has 1 nitrogen and oxygen atoms in total. The van der Waals surface area contributed by atoms with Gasteiger partial charge in [-0.3, -0.25) is 0 Å². The molecule has 2 heteroatoms. The Bertz CT molecular complexity index is 1310. The molecule has 0 radical (unpaired) electrons. The van der Waals surface area contributed by atoms with Crippen molar-refractivity contribution >= 4 is 50.4 Å². The van der Waals surface area contributed by atoms with Crippen molar-refractivity contribution in [2.75, 3.05) is 4.90 Å². The average Bonchev–Trinajstić information content (AvgIpc) is 2.75. The van der Waals surface area contributed by atoms with Crippen LogP contribution in [0.3, 0.4) is 0 Å². The van der Waals surface area contributed by atoms with E-state index in [1.54, 1.807) is 0 Å². The SMILES string of the molecule is c1ccc2c(c1)Sc1ccccc1N2c1ccc2cc3ccccc3cc2c1. The first kappa shape index (κ1) is 15.8. The van der Waals surface area contributed by atoms with Gasteiger partial charge in [0.25, 0.3) is 0 Å². The van der Waals surface area contributed by atoms with Gasteiger partial charge in [0, 0.05) is 15.5 Å². The molecule has 0 unspecified atom stereocenters. The molecule has 5 aromatic carbocycles. The molecule has 28 heavy (non-hydrogen) atoms. The van der Waals surface area contributed by atoms with Crippen LogP contribution < -0.4 is 4.90 Å². The zero-order chi connectivity index (χ0) is 18.5. The summed E-state index contributed by atoms with van der Waals surface area (Å²) in [5.74, 6) is 0. The van der Waals surface area contributed by atoms with E-state index in [0.29, 0.717) is 0 Å². The maximum Gasteiger partial charge on any atom is 0.0601 e. The van der Waals surface area contributed by atoms with Gasteiger partial charge in [-0.25, -0.2) is 0 Å². The van der Waals surface area contributed by atoms with Gasteiger partial charge in [-0.1, -0.05) is 66.4 Å². The average molecular weight is 375 g/mol. The molecule has 0 aliphatic carbocycles. The second kappa shape index (κ2) is 6.15. The summed E-state index contributed by atoms with van der Waals surface area (Å²) in [6.45, 7) is 0. The van der Waals surface area contributed by atoms with Gasteiger partial charge in [0.15, 0.2) is 0 Å². The van der Waals surface area contributed by atoms with Gasteiger partial charge in [0.05, 0.1) is 11.4 Å². The zero-order valence-corrected chi connectivity index (χ0v) is 16.0. The van der Waals surface area contributed by atoms with Crippen LogP contribution in [0.1, 0.15) is 0 Å². The van der Waals surface area contributed by atoms with E-state index in [9.17, 15) is 0 Å². The first-order valence-electron chi connectivity index (χ1n) is 9.45. The van der Waals surface area contributed by atoms with Gasteiger partial charge >= 0.3 is 0 Å². The molecule has 1 aliphatic heterocycles. The van der Waals surface area contributed by atoms with Gasteiger partial charge in [-0.2, -0.15) is 0 Å². The first-order valence-corrected chi connectivity index (χ1v) is 10.3. The molecule has 0 aromatic heterocycles. The molecule has 1 aliphatic rings. The Morgan fingerprint density at radius 1 is 0.464 bits per heavy atom. The van der Waals surface area contributed by atoms with Crippen LogP contribution in [0.5, 0.6) is 0 Å². The summed E-state index contributed by atoms with van der Waals surface area (Å²) in [6, 6.07) is 37.2. The number of nitrogens with zero attached hydrogens (tertiary/aromatic N) is 1. The molecule has 132 valence electrons. The van der Waals surface area contributed by atoms with Gasteiger partial charge in [-0.15, -0.1) is 0 Å². The van der Waals surface area contributed by atoms with E-state index in [0.717, 1.165) is 0 Å². The number of benzene rings is 5. The topological polar surface area (TPSA) is 3.24 Å². The van der Waals surface area contributed by atoms with Gasteiger partial charge in [0.2, 0.25) is 0 Å². The number of anilines is 3. The van der Waals surface area contributed by atoms with E-state index < -0.39 is 0 Å². The fraction of sp³-hybridized carbons (Fsp3) is 0. The van der Waals surface area contributed by atoms with Gasteiger partial charge < -0.3 is 4.90 Å². The van der Waals surface area contributed by atoms with Crippen molar-refractivity contribution in [3.63, 3.8) is 0 Å². The van der Waals surface area contributed by atoms with E-state index in [2.05, 4.69) is 108 Å². The van der Waals surface area contributed by atoms with Gasteiger partial charge in [-0.05, 0) is 70.1 Å². The van der Waals surface area contributed by atoms with Crippen LogP contribution in [0, 0.1) is 0 Å². The highest BCUT2D eigenvalue weighted by molar-refractivity contribution is 7.99. The Labute approximate surface area is 168 Å². The summed E-state index contributed by atoms with van der Waals surface area (Å²) in [5, 5.41) is 5.11. The molecule has 0 amide bonds. The second-order valence-corrected chi connectivity index (χ2v) is 8.19. The smallest absolute Gasteiger partial charge is 0.0601 e. The summed E-state index contributed by atoms with van der Waals surface area (Å²) >= 11 is 1.84. The molecule has 0 saturated heterocycles. The van der Waals surface area contributed by atoms with Crippen molar-refractivity contribution < 1.29 is 0 Å².